The van der Waals surface area contributed by atoms with E-state index in [1.165, 1.54) is 7.05 Å². The number of benzene rings is 2. The predicted molar refractivity (Wildman–Crippen MR) is 133 cm³/mol. The van der Waals surface area contributed by atoms with Crippen LogP contribution in [0.5, 0.6) is 0 Å². The van der Waals surface area contributed by atoms with Crippen molar-refractivity contribution in [1.82, 2.24) is 24.8 Å². The summed E-state index contributed by atoms with van der Waals surface area (Å²) < 4.78 is 7.65. The van der Waals surface area contributed by atoms with Gasteiger partial charge in [-0.3, -0.25) is 9.36 Å². The Morgan fingerprint density at radius 1 is 1.14 bits per heavy atom. The molecule has 0 radical (unpaired) electrons. The van der Waals surface area contributed by atoms with Gasteiger partial charge in [0.1, 0.15) is 6.23 Å². The SMILES string of the molecule is CNC(=O)[C@H]1O[C@@H](n2cnc3c(NCc4ccccc4)nc(-c4cccc(NC)c4)nc32)C[C@@H]1O. The zero-order valence-corrected chi connectivity index (χ0v) is 19.5. The number of fused-ring (bicyclic) bond motifs is 1. The third-order valence-corrected chi connectivity index (χ3v) is 6.05. The van der Waals surface area contributed by atoms with E-state index in [4.69, 9.17) is 14.7 Å². The largest absolute Gasteiger partial charge is 0.390 e. The zero-order valence-electron chi connectivity index (χ0n) is 19.5. The van der Waals surface area contributed by atoms with Gasteiger partial charge in [0.15, 0.2) is 28.9 Å². The summed E-state index contributed by atoms with van der Waals surface area (Å²) in [7, 11) is 3.37. The molecule has 1 aliphatic heterocycles. The number of nitrogens with one attached hydrogen (secondary N) is 3. The summed E-state index contributed by atoms with van der Waals surface area (Å²) >= 11 is 0. The van der Waals surface area contributed by atoms with Crippen LogP contribution in [0.4, 0.5) is 11.5 Å². The van der Waals surface area contributed by atoms with Gasteiger partial charge >= 0.3 is 0 Å². The van der Waals surface area contributed by atoms with E-state index in [2.05, 4.69) is 20.9 Å². The number of ether oxygens (including phenoxy) is 1. The Balaban J connectivity index is 1.56. The van der Waals surface area contributed by atoms with Crippen LogP contribution in [0.25, 0.3) is 22.6 Å². The minimum Gasteiger partial charge on any atom is -0.390 e. The Hall–Kier alpha value is -4.02. The van der Waals surface area contributed by atoms with Gasteiger partial charge in [0.05, 0.1) is 12.4 Å². The number of imidazole rings is 1. The fourth-order valence-corrected chi connectivity index (χ4v) is 4.18. The molecule has 0 aliphatic carbocycles. The molecule has 1 fully saturated rings. The lowest BCUT2D eigenvalue weighted by Gasteiger charge is -2.15. The van der Waals surface area contributed by atoms with Crippen molar-refractivity contribution in [3.8, 4) is 11.4 Å². The van der Waals surface area contributed by atoms with Crippen molar-refractivity contribution < 1.29 is 14.6 Å². The highest BCUT2D eigenvalue weighted by Gasteiger charge is 2.40. The first-order valence-corrected chi connectivity index (χ1v) is 11.4. The second-order valence-corrected chi connectivity index (χ2v) is 8.32. The zero-order chi connectivity index (χ0) is 24.4. The van der Waals surface area contributed by atoms with Crippen LogP contribution in [0.2, 0.25) is 0 Å². The number of likely N-dealkylation sites (N-methyl/N-ethyl adjacent to an activating group) is 1. The van der Waals surface area contributed by atoms with Crippen LogP contribution >= 0.6 is 0 Å². The van der Waals surface area contributed by atoms with Crippen molar-refractivity contribution in [2.75, 3.05) is 24.7 Å². The number of hydrogen-bond acceptors (Lipinski definition) is 8. The normalized spacial score (nSPS) is 19.6. The third-order valence-electron chi connectivity index (χ3n) is 6.05. The van der Waals surface area contributed by atoms with Crippen LogP contribution in [-0.2, 0) is 16.1 Å². The summed E-state index contributed by atoms with van der Waals surface area (Å²) in [6.45, 7) is 0.563. The number of aliphatic hydroxyl groups excluding tert-OH is 1. The molecular formula is C25H27N7O3. The van der Waals surface area contributed by atoms with Crippen LogP contribution in [0, 0.1) is 0 Å². The standard InChI is InChI=1S/C25H27N7O3/c1-26-17-10-6-9-16(11-17)22-30-23(28-13-15-7-4-3-5-8-15)20-24(31-22)32(14-29-20)19-12-18(33)21(35-19)25(34)27-2/h3-11,14,18-19,21,26,33H,12-13H2,1-2H3,(H,27,34)(H,28,30,31)/t18-,19+,21-/m0/s1. The molecule has 0 saturated carbocycles. The number of carbonyl (C=O) groups excluding carboxylic acids is 1. The Morgan fingerprint density at radius 3 is 2.74 bits per heavy atom. The van der Waals surface area contributed by atoms with Crippen molar-refractivity contribution in [2.45, 2.75) is 31.4 Å². The van der Waals surface area contributed by atoms with E-state index in [-0.39, 0.29) is 12.3 Å². The van der Waals surface area contributed by atoms with Gasteiger partial charge in [-0.2, -0.15) is 0 Å². The maximum Gasteiger partial charge on any atom is 0.251 e. The molecule has 3 heterocycles. The average molecular weight is 474 g/mol. The minimum absolute atomic E-state index is 0.241. The van der Waals surface area contributed by atoms with E-state index in [1.807, 2.05) is 61.6 Å². The Kier molecular flexibility index (Phi) is 6.30. The van der Waals surface area contributed by atoms with Gasteiger partial charge in [0.25, 0.3) is 5.91 Å². The Bertz CT molecular complexity index is 1340. The monoisotopic (exact) mass is 473 g/mol. The molecule has 1 saturated heterocycles. The average Bonchev–Trinajstić information content (AvgIpc) is 3.50. The van der Waals surface area contributed by atoms with Crippen LogP contribution in [-0.4, -0.2) is 56.8 Å². The van der Waals surface area contributed by atoms with Gasteiger partial charge in [-0.05, 0) is 17.7 Å². The van der Waals surface area contributed by atoms with E-state index in [0.717, 1.165) is 16.8 Å². The van der Waals surface area contributed by atoms with Crippen molar-refractivity contribution in [1.29, 1.82) is 0 Å². The number of aliphatic hydroxyl groups is 1. The van der Waals surface area contributed by atoms with Gasteiger partial charge in [0, 0.05) is 38.3 Å². The van der Waals surface area contributed by atoms with E-state index in [1.54, 1.807) is 10.9 Å². The molecule has 1 aliphatic rings. The molecule has 35 heavy (non-hydrogen) atoms. The molecule has 10 heteroatoms. The van der Waals surface area contributed by atoms with E-state index in [9.17, 15) is 9.90 Å². The quantitative estimate of drug-likeness (QED) is 0.323. The summed E-state index contributed by atoms with van der Waals surface area (Å²) in [5.41, 5.74) is 4.01. The molecule has 10 nitrogen and oxygen atoms in total. The van der Waals surface area contributed by atoms with Gasteiger partial charge in [-0.15, -0.1) is 0 Å². The van der Waals surface area contributed by atoms with Gasteiger partial charge in [-0.25, -0.2) is 15.0 Å². The van der Waals surface area contributed by atoms with Crippen molar-refractivity contribution in [3.05, 3.63) is 66.5 Å². The second-order valence-electron chi connectivity index (χ2n) is 8.32. The highest BCUT2D eigenvalue weighted by atomic mass is 16.5. The van der Waals surface area contributed by atoms with E-state index in [0.29, 0.717) is 29.4 Å². The molecule has 5 rings (SSSR count). The second kappa shape index (κ2) is 9.69. The maximum absolute atomic E-state index is 12.1. The molecule has 0 bridgehead atoms. The highest BCUT2D eigenvalue weighted by molar-refractivity contribution is 5.85. The predicted octanol–water partition coefficient (Wildman–Crippen LogP) is 2.54. The smallest absolute Gasteiger partial charge is 0.251 e. The summed E-state index contributed by atoms with van der Waals surface area (Å²) in [5.74, 6) is 0.742. The molecule has 3 atom stereocenters. The fraction of sp³-hybridized carbons (Fsp3) is 0.280. The minimum atomic E-state index is -0.952. The lowest BCUT2D eigenvalue weighted by atomic mass is 10.1. The topological polar surface area (TPSA) is 126 Å². The molecule has 1 amide bonds. The van der Waals surface area contributed by atoms with E-state index < -0.39 is 18.4 Å². The fourth-order valence-electron chi connectivity index (χ4n) is 4.18. The van der Waals surface area contributed by atoms with Gasteiger partial charge < -0.3 is 25.8 Å². The summed E-state index contributed by atoms with van der Waals surface area (Å²) in [4.78, 5) is 26.3. The Labute approximate surface area is 202 Å². The molecule has 2 aromatic heterocycles. The molecule has 180 valence electrons. The number of aromatic nitrogens is 4. The first-order chi connectivity index (χ1) is 17.1. The summed E-state index contributed by atoms with van der Waals surface area (Å²) in [6, 6.07) is 17.8. The number of nitrogens with zero attached hydrogens (tertiary/aromatic N) is 4. The lowest BCUT2D eigenvalue weighted by Crippen LogP contribution is -2.38. The molecule has 4 aromatic rings. The molecule has 0 unspecified atom stereocenters. The molecule has 4 N–H and O–H groups in total. The van der Waals surface area contributed by atoms with Gasteiger partial charge in [0.2, 0.25) is 0 Å². The third kappa shape index (κ3) is 4.53. The molecular weight excluding hydrogens is 446 g/mol. The van der Waals surface area contributed by atoms with Crippen LogP contribution < -0.4 is 16.0 Å². The van der Waals surface area contributed by atoms with Crippen LogP contribution in [0.1, 0.15) is 18.2 Å². The number of amides is 1. The lowest BCUT2D eigenvalue weighted by molar-refractivity contribution is -0.137. The Morgan fingerprint density at radius 2 is 1.97 bits per heavy atom. The highest BCUT2D eigenvalue weighted by Crippen LogP contribution is 2.33. The van der Waals surface area contributed by atoms with Crippen LogP contribution in [0.3, 0.4) is 0 Å². The first-order valence-electron chi connectivity index (χ1n) is 11.4. The molecule has 0 spiro atoms. The maximum atomic E-state index is 12.1. The number of anilines is 2. The number of hydrogen-bond donors (Lipinski definition) is 4. The van der Waals surface area contributed by atoms with Crippen molar-refractivity contribution >= 4 is 28.6 Å². The number of carbonyl (C=O) groups is 1. The first kappa shape index (κ1) is 22.8. The van der Waals surface area contributed by atoms with Crippen molar-refractivity contribution in [3.63, 3.8) is 0 Å². The number of rotatable bonds is 7. The van der Waals surface area contributed by atoms with E-state index >= 15 is 0 Å². The molecule has 2 aromatic carbocycles. The van der Waals surface area contributed by atoms with Crippen LogP contribution in [0.15, 0.2) is 60.9 Å². The summed E-state index contributed by atoms with van der Waals surface area (Å²) in [6.07, 6.45) is -0.617. The van der Waals surface area contributed by atoms with Gasteiger partial charge in [-0.1, -0.05) is 42.5 Å². The van der Waals surface area contributed by atoms with Crippen molar-refractivity contribution in [2.24, 2.45) is 0 Å². The summed E-state index contributed by atoms with van der Waals surface area (Å²) in [5, 5.41) is 19.5.